The number of rotatable bonds is 7. The molecule has 2 saturated carbocycles. The Morgan fingerprint density at radius 3 is 2.73 bits per heavy atom. The molecule has 4 atom stereocenters. The van der Waals surface area contributed by atoms with Crippen molar-refractivity contribution in [3.63, 3.8) is 0 Å². The maximum Gasteiger partial charge on any atom is 0.133 e. The molecule has 3 aliphatic carbocycles. The Balaban J connectivity index is 1.10. The molecular formula is C24H34O2. The standard InChI is InChI=1S/C24H34O2/c25-23-13-12-21-11-10-20(24(21)16-23)6-3-4-14-26-17-18-8-9-19-5-1-2-7-22(19)15-18/h1-2,5,7,18,20-21,24H,3-4,6,8-17H2. The van der Waals surface area contributed by atoms with E-state index < -0.39 is 0 Å². The van der Waals surface area contributed by atoms with Gasteiger partial charge in [-0.2, -0.15) is 0 Å². The molecule has 0 radical (unpaired) electrons. The van der Waals surface area contributed by atoms with E-state index in [1.165, 1.54) is 63.4 Å². The Morgan fingerprint density at radius 1 is 0.923 bits per heavy atom. The molecular weight excluding hydrogens is 320 g/mol. The summed E-state index contributed by atoms with van der Waals surface area (Å²) in [7, 11) is 0. The second-order valence-electron chi connectivity index (χ2n) is 8.99. The van der Waals surface area contributed by atoms with E-state index in [9.17, 15) is 4.79 Å². The molecule has 2 heteroatoms. The number of benzene rings is 1. The summed E-state index contributed by atoms with van der Waals surface area (Å²) in [6.07, 6.45) is 13.1. The second kappa shape index (κ2) is 8.69. The fourth-order valence-corrected chi connectivity index (χ4v) is 5.78. The van der Waals surface area contributed by atoms with E-state index in [1.54, 1.807) is 5.56 Å². The number of unbranched alkanes of at least 4 members (excludes halogenated alkanes) is 1. The van der Waals surface area contributed by atoms with Crippen LogP contribution in [0.2, 0.25) is 0 Å². The second-order valence-corrected chi connectivity index (χ2v) is 8.99. The highest BCUT2D eigenvalue weighted by molar-refractivity contribution is 5.79. The predicted octanol–water partition coefficient (Wildman–Crippen LogP) is 5.37. The smallest absolute Gasteiger partial charge is 0.133 e. The number of hydrogen-bond acceptors (Lipinski definition) is 2. The molecule has 0 N–H and O–H groups in total. The van der Waals surface area contributed by atoms with Crippen molar-refractivity contribution < 1.29 is 9.53 Å². The van der Waals surface area contributed by atoms with Crippen molar-refractivity contribution in [1.29, 1.82) is 0 Å². The highest BCUT2D eigenvalue weighted by atomic mass is 16.5. The summed E-state index contributed by atoms with van der Waals surface area (Å²) in [5, 5.41) is 0. The van der Waals surface area contributed by atoms with Gasteiger partial charge in [-0.3, -0.25) is 4.79 Å². The Labute approximate surface area is 158 Å². The average Bonchev–Trinajstić information content (AvgIpc) is 3.06. The fraction of sp³-hybridized carbons (Fsp3) is 0.708. The lowest BCUT2D eigenvalue weighted by molar-refractivity contribution is -0.122. The first kappa shape index (κ1) is 18.2. The molecule has 4 unspecified atom stereocenters. The number of fused-ring (bicyclic) bond motifs is 2. The summed E-state index contributed by atoms with van der Waals surface area (Å²) in [4.78, 5) is 11.8. The Morgan fingerprint density at radius 2 is 1.81 bits per heavy atom. The number of ketones is 1. The Hall–Kier alpha value is -1.15. The maximum absolute atomic E-state index is 11.8. The van der Waals surface area contributed by atoms with Gasteiger partial charge in [0.05, 0.1) is 0 Å². The maximum atomic E-state index is 11.8. The van der Waals surface area contributed by atoms with Crippen LogP contribution in [0.25, 0.3) is 0 Å². The number of ether oxygens (including phenoxy) is 1. The average molecular weight is 355 g/mol. The lowest BCUT2D eigenvalue weighted by atomic mass is 9.76. The lowest BCUT2D eigenvalue weighted by Crippen LogP contribution is -2.24. The molecule has 1 aromatic rings. The fourth-order valence-electron chi connectivity index (χ4n) is 5.78. The zero-order valence-electron chi connectivity index (χ0n) is 16.1. The highest BCUT2D eigenvalue weighted by Crippen LogP contribution is 2.46. The van der Waals surface area contributed by atoms with Crippen LogP contribution in [-0.4, -0.2) is 19.0 Å². The van der Waals surface area contributed by atoms with Gasteiger partial charge < -0.3 is 4.74 Å². The van der Waals surface area contributed by atoms with Gasteiger partial charge in [-0.1, -0.05) is 37.1 Å². The van der Waals surface area contributed by atoms with Crippen LogP contribution >= 0.6 is 0 Å². The SMILES string of the molecule is O=C1CCC2CCC(CCCCOCC3CCc4ccccc4C3)C2C1. The molecule has 0 heterocycles. The van der Waals surface area contributed by atoms with E-state index in [4.69, 9.17) is 4.74 Å². The van der Waals surface area contributed by atoms with E-state index in [1.807, 2.05) is 0 Å². The Bertz CT molecular complexity index is 608. The third-order valence-electron chi connectivity index (χ3n) is 7.29. The summed E-state index contributed by atoms with van der Waals surface area (Å²) in [6, 6.07) is 8.88. The number of Topliss-reactive ketones (excluding diaryl/α,β-unsaturated/α-hetero) is 1. The molecule has 0 bridgehead atoms. The molecule has 0 aliphatic heterocycles. The van der Waals surface area contributed by atoms with Gasteiger partial charge in [0.25, 0.3) is 0 Å². The van der Waals surface area contributed by atoms with Gasteiger partial charge in [0.2, 0.25) is 0 Å². The zero-order chi connectivity index (χ0) is 17.8. The third kappa shape index (κ3) is 4.39. The predicted molar refractivity (Wildman–Crippen MR) is 105 cm³/mol. The largest absolute Gasteiger partial charge is 0.381 e. The van der Waals surface area contributed by atoms with Gasteiger partial charge in [-0.05, 0) is 79.7 Å². The topological polar surface area (TPSA) is 26.3 Å². The Kier molecular flexibility index (Phi) is 6.09. The summed E-state index contributed by atoms with van der Waals surface area (Å²) in [5.74, 6) is 3.63. The van der Waals surface area contributed by atoms with E-state index in [2.05, 4.69) is 24.3 Å². The normalized spacial score (nSPS) is 30.8. The van der Waals surface area contributed by atoms with E-state index in [0.717, 1.165) is 43.8 Å². The van der Waals surface area contributed by atoms with Crippen LogP contribution in [0.1, 0.15) is 68.9 Å². The van der Waals surface area contributed by atoms with Crippen molar-refractivity contribution in [3.8, 4) is 0 Å². The monoisotopic (exact) mass is 354 g/mol. The quantitative estimate of drug-likeness (QED) is 0.615. The van der Waals surface area contributed by atoms with Crippen LogP contribution in [0.15, 0.2) is 24.3 Å². The first-order valence-corrected chi connectivity index (χ1v) is 11.0. The van der Waals surface area contributed by atoms with Gasteiger partial charge >= 0.3 is 0 Å². The van der Waals surface area contributed by atoms with Crippen molar-refractivity contribution in [1.82, 2.24) is 0 Å². The van der Waals surface area contributed by atoms with Crippen LogP contribution in [0.4, 0.5) is 0 Å². The first-order valence-electron chi connectivity index (χ1n) is 11.0. The number of aryl methyl sites for hydroxylation is 1. The van der Waals surface area contributed by atoms with Gasteiger partial charge in [-0.15, -0.1) is 0 Å². The highest BCUT2D eigenvalue weighted by Gasteiger charge is 2.39. The van der Waals surface area contributed by atoms with Crippen molar-refractivity contribution in [2.75, 3.05) is 13.2 Å². The third-order valence-corrected chi connectivity index (χ3v) is 7.29. The van der Waals surface area contributed by atoms with Crippen LogP contribution in [0, 0.1) is 23.7 Å². The first-order chi connectivity index (χ1) is 12.8. The molecule has 0 amide bonds. The van der Waals surface area contributed by atoms with Crippen LogP contribution < -0.4 is 0 Å². The van der Waals surface area contributed by atoms with Crippen LogP contribution in [-0.2, 0) is 22.4 Å². The summed E-state index contributed by atoms with van der Waals surface area (Å²) >= 11 is 0. The molecule has 0 spiro atoms. The molecule has 3 aliphatic rings. The molecule has 0 saturated heterocycles. The molecule has 142 valence electrons. The summed E-state index contributed by atoms with van der Waals surface area (Å²) in [5.41, 5.74) is 3.07. The summed E-state index contributed by atoms with van der Waals surface area (Å²) < 4.78 is 6.02. The molecule has 26 heavy (non-hydrogen) atoms. The van der Waals surface area contributed by atoms with Crippen molar-refractivity contribution in [2.24, 2.45) is 23.7 Å². The number of carbonyl (C=O) groups is 1. The molecule has 1 aromatic carbocycles. The zero-order valence-corrected chi connectivity index (χ0v) is 16.1. The van der Waals surface area contributed by atoms with Crippen molar-refractivity contribution in [2.45, 2.75) is 70.6 Å². The van der Waals surface area contributed by atoms with E-state index in [0.29, 0.717) is 11.7 Å². The molecule has 2 fully saturated rings. The minimum Gasteiger partial charge on any atom is -0.381 e. The van der Waals surface area contributed by atoms with E-state index >= 15 is 0 Å². The van der Waals surface area contributed by atoms with E-state index in [-0.39, 0.29) is 0 Å². The number of carbonyl (C=O) groups excluding carboxylic acids is 1. The molecule has 4 rings (SSSR count). The minimum atomic E-state index is 0.524. The van der Waals surface area contributed by atoms with Gasteiger partial charge in [0.15, 0.2) is 0 Å². The minimum absolute atomic E-state index is 0.524. The molecule has 2 nitrogen and oxygen atoms in total. The van der Waals surface area contributed by atoms with Gasteiger partial charge in [-0.25, -0.2) is 0 Å². The lowest BCUT2D eigenvalue weighted by Gasteiger charge is -2.28. The molecule has 0 aromatic heterocycles. The van der Waals surface area contributed by atoms with Crippen LogP contribution in [0.3, 0.4) is 0 Å². The number of hydrogen-bond donors (Lipinski definition) is 0. The van der Waals surface area contributed by atoms with Gasteiger partial charge in [0, 0.05) is 26.1 Å². The van der Waals surface area contributed by atoms with Crippen molar-refractivity contribution in [3.05, 3.63) is 35.4 Å². The summed E-state index contributed by atoms with van der Waals surface area (Å²) in [6.45, 7) is 1.84. The van der Waals surface area contributed by atoms with Crippen LogP contribution in [0.5, 0.6) is 0 Å². The van der Waals surface area contributed by atoms with Crippen molar-refractivity contribution >= 4 is 5.78 Å². The van der Waals surface area contributed by atoms with Gasteiger partial charge in [0.1, 0.15) is 5.78 Å².